The lowest BCUT2D eigenvalue weighted by molar-refractivity contribution is -0.274. The van der Waals surface area contributed by atoms with Crippen LogP contribution in [0.4, 0.5) is 18.9 Å². The Hall–Kier alpha value is -2.08. The van der Waals surface area contributed by atoms with E-state index in [1.165, 1.54) is 35.2 Å². The third-order valence-electron chi connectivity index (χ3n) is 3.30. The summed E-state index contributed by atoms with van der Waals surface area (Å²) in [5.41, 5.74) is 1.11. The highest BCUT2D eigenvalue weighted by Gasteiger charge is 2.30. The first-order valence-electron chi connectivity index (χ1n) is 7.84. The van der Waals surface area contributed by atoms with Gasteiger partial charge < -0.3 is 10.1 Å². The summed E-state index contributed by atoms with van der Waals surface area (Å²) in [4.78, 5) is 12.1. The smallest absolute Gasteiger partial charge is 0.406 e. The molecule has 0 aliphatic rings. The number of benzene rings is 2. The molecule has 1 aromatic heterocycles. The molecular formula is C17H11ClF3N3O2S3. The quantitative estimate of drug-likeness (QED) is 0.351. The summed E-state index contributed by atoms with van der Waals surface area (Å²) < 4.78 is 43.0. The number of hydrogen-bond acceptors (Lipinski definition) is 6. The van der Waals surface area contributed by atoms with Gasteiger partial charge in [-0.25, -0.2) is 4.68 Å². The van der Waals surface area contributed by atoms with Crippen LogP contribution in [-0.4, -0.2) is 27.8 Å². The molecule has 3 aromatic rings. The summed E-state index contributed by atoms with van der Waals surface area (Å²) in [6.07, 6.45) is -4.76. The van der Waals surface area contributed by atoms with Crippen LogP contribution >= 0.6 is 46.9 Å². The molecule has 1 N–H and O–H groups in total. The number of hydrogen-bond donors (Lipinski definition) is 1. The maximum Gasteiger partial charge on any atom is 0.573 e. The van der Waals surface area contributed by atoms with Gasteiger partial charge in [-0.15, -0.1) is 18.3 Å². The van der Waals surface area contributed by atoms with Crippen LogP contribution in [-0.2, 0) is 4.79 Å². The molecule has 12 heteroatoms. The summed E-state index contributed by atoms with van der Waals surface area (Å²) in [5.74, 6) is -0.639. The Balaban J connectivity index is 1.56. The molecule has 0 unspecified atom stereocenters. The molecule has 3 rings (SSSR count). The van der Waals surface area contributed by atoms with Gasteiger partial charge in [-0.3, -0.25) is 4.79 Å². The van der Waals surface area contributed by atoms with Crippen LogP contribution in [0, 0.1) is 3.95 Å². The first kappa shape index (κ1) is 21.6. The number of anilines is 1. The number of rotatable bonds is 6. The van der Waals surface area contributed by atoms with Gasteiger partial charge in [-0.2, -0.15) is 0 Å². The second-order valence-electron chi connectivity index (χ2n) is 5.43. The van der Waals surface area contributed by atoms with Crippen LogP contribution in [0.3, 0.4) is 0 Å². The number of thioether (sulfide) groups is 1. The molecule has 0 saturated heterocycles. The predicted octanol–water partition coefficient (Wildman–Crippen LogP) is 5.95. The number of carbonyl (C=O) groups excluding carboxylic acids is 1. The van der Waals surface area contributed by atoms with Crippen LogP contribution in [0.5, 0.6) is 5.75 Å². The summed E-state index contributed by atoms with van der Waals surface area (Å²) in [6.45, 7) is 0. The van der Waals surface area contributed by atoms with Crippen molar-refractivity contribution in [1.82, 2.24) is 9.78 Å². The molecule has 0 aliphatic heterocycles. The van der Waals surface area contributed by atoms with E-state index in [-0.39, 0.29) is 17.4 Å². The zero-order valence-corrected chi connectivity index (χ0v) is 17.5. The molecule has 5 nitrogen and oxygen atoms in total. The van der Waals surface area contributed by atoms with E-state index in [1.807, 2.05) is 0 Å². The maximum atomic E-state index is 12.2. The number of alkyl halides is 3. The lowest BCUT2D eigenvalue weighted by Gasteiger charge is -2.09. The van der Waals surface area contributed by atoms with Crippen LogP contribution in [0.15, 0.2) is 52.9 Å². The Morgan fingerprint density at radius 2 is 1.86 bits per heavy atom. The molecule has 1 amide bonds. The Kier molecular flexibility index (Phi) is 6.83. The van der Waals surface area contributed by atoms with E-state index in [2.05, 4.69) is 15.2 Å². The minimum absolute atomic E-state index is 0.0592. The van der Waals surface area contributed by atoms with Crippen molar-refractivity contribution in [3.8, 4) is 11.4 Å². The van der Waals surface area contributed by atoms with Crippen molar-refractivity contribution < 1.29 is 22.7 Å². The third-order valence-corrected chi connectivity index (χ3v) is 5.92. The van der Waals surface area contributed by atoms with Crippen molar-refractivity contribution in [3.05, 3.63) is 57.5 Å². The molecule has 0 radical (unpaired) electrons. The SMILES string of the molecule is O=C(CSc1nn(-c2ccc(Cl)cc2)c(=S)s1)Nc1ccc(OC(F)(F)F)cc1. The van der Waals surface area contributed by atoms with E-state index in [1.54, 1.807) is 28.9 Å². The minimum Gasteiger partial charge on any atom is -0.406 e. The van der Waals surface area contributed by atoms with Gasteiger partial charge in [0.2, 0.25) is 5.91 Å². The van der Waals surface area contributed by atoms with E-state index < -0.39 is 6.36 Å². The van der Waals surface area contributed by atoms with E-state index >= 15 is 0 Å². The average Bonchev–Trinajstić information content (AvgIpc) is 3.02. The maximum absolute atomic E-state index is 12.2. The summed E-state index contributed by atoms with van der Waals surface area (Å²) >= 11 is 13.6. The predicted molar refractivity (Wildman–Crippen MR) is 110 cm³/mol. The standard InChI is InChI=1S/C17H11ClF3N3O2S3/c18-10-1-5-12(6-2-10)24-16(27)29-15(23-24)28-9-14(25)22-11-3-7-13(8-4-11)26-17(19,20)21/h1-8H,9H2,(H,22,25). The Bertz CT molecular complexity index is 1050. The highest BCUT2D eigenvalue weighted by atomic mass is 35.5. The molecule has 152 valence electrons. The van der Waals surface area contributed by atoms with Crippen molar-refractivity contribution in [2.45, 2.75) is 10.7 Å². The molecule has 0 atom stereocenters. The molecule has 0 bridgehead atoms. The molecule has 2 aromatic carbocycles. The molecular weight excluding hydrogens is 467 g/mol. The van der Waals surface area contributed by atoms with Gasteiger partial charge in [-0.1, -0.05) is 34.7 Å². The van der Waals surface area contributed by atoms with E-state index in [0.717, 1.165) is 17.8 Å². The Labute approximate surface area is 181 Å². The van der Waals surface area contributed by atoms with Gasteiger partial charge in [0.1, 0.15) is 5.75 Å². The molecule has 29 heavy (non-hydrogen) atoms. The monoisotopic (exact) mass is 477 g/mol. The lowest BCUT2D eigenvalue weighted by Crippen LogP contribution is -2.17. The van der Waals surface area contributed by atoms with Crippen molar-refractivity contribution in [2.75, 3.05) is 11.1 Å². The third kappa shape index (κ3) is 6.46. The molecule has 1 heterocycles. The van der Waals surface area contributed by atoms with Gasteiger partial charge in [0.15, 0.2) is 8.29 Å². The molecule has 0 spiro atoms. The fraction of sp³-hybridized carbons (Fsp3) is 0.118. The van der Waals surface area contributed by atoms with Crippen molar-refractivity contribution >= 4 is 58.5 Å². The van der Waals surface area contributed by atoms with Crippen LogP contribution in [0.1, 0.15) is 0 Å². The van der Waals surface area contributed by atoms with Gasteiger partial charge in [0.25, 0.3) is 0 Å². The average molecular weight is 478 g/mol. The normalized spacial score (nSPS) is 11.3. The zero-order valence-electron chi connectivity index (χ0n) is 14.3. The topological polar surface area (TPSA) is 56.2 Å². The fourth-order valence-corrected chi connectivity index (χ4v) is 4.42. The summed E-state index contributed by atoms with van der Waals surface area (Å²) in [5, 5.41) is 7.57. The number of nitrogens with one attached hydrogen (secondary N) is 1. The highest BCUT2D eigenvalue weighted by Crippen LogP contribution is 2.26. The Morgan fingerprint density at radius 3 is 2.48 bits per heavy atom. The Morgan fingerprint density at radius 1 is 1.21 bits per heavy atom. The van der Waals surface area contributed by atoms with Crippen LogP contribution < -0.4 is 10.1 Å². The minimum atomic E-state index is -4.76. The van der Waals surface area contributed by atoms with Gasteiger partial charge in [0, 0.05) is 10.7 Å². The fourth-order valence-electron chi connectivity index (χ4n) is 2.13. The number of nitrogens with zero attached hydrogens (tertiary/aromatic N) is 2. The molecule has 0 aliphatic carbocycles. The second kappa shape index (κ2) is 9.16. The van der Waals surface area contributed by atoms with Crippen LogP contribution in [0.2, 0.25) is 5.02 Å². The second-order valence-corrected chi connectivity index (χ2v) is 8.71. The number of ether oxygens (including phenoxy) is 1. The van der Waals surface area contributed by atoms with Crippen molar-refractivity contribution in [2.24, 2.45) is 0 Å². The number of carbonyl (C=O) groups is 1. The first-order chi connectivity index (χ1) is 13.7. The summed E-state index contributed by atoms with van der Waals surface area (Å²) in [6, 6.07) is 11.9. The van der Waals surface area contributed by atoms with Gasteiger partial charge in [-0.05, 0) is 60.7 Å². The van der Waals surface area contributed by atoms with Crippen LogP contribution in [0.25, 0.3) is 5.69 Å². The van der Waals surface area contributed by atoms with Crippen molar-refractivity contribution in [3.63, 3.8) is 0 Å². The van der Waals surface area contributed by atoms with E-state index in [4.69, 9.17) is 23.8 Å². The number of amides is 1. The van der Waals surface area contributed by atoms with Crippen molar-refractivity contribution in [1.29, 1.82) is 0 Å². The summed E-state index contributed by atoms with van der Waals surface area (Å²) in [7, 11) is 0. The largest absolute Gasteiger partial charge is 0.573 e. The number of aromatic nitrogens is 2. The molecule has 0 fully saturated rings. The van der Waals surface area contributed by atoms with Gasteiger partial charge >= 0.3 is 6.36 Å². The van der Waals surface area contributed by atoms with E-state index in [0.29, 0.717) is 19.0 Å². The zero-order chi connectivity index (χ0) is 21.0. The molecule has 0 saturated carbocycles. The highest BCUT2D eigenvalue weighted by molar-refractivity contribution is 8.01. The van der Waals surface area contributed by atoms with Gasteiger partial charge in [0.05, 0.1) is 11.4 Å². The first-order valence-corrected chi connectivity index (χ1v) is 10.4. The lowest BCUT2D eigenvalue weighted by atomic mass is 10.3. The number of halogens is 4. The van der Waals surface area contributed by atoms with E-state index in [9.17, 15) is 18.0 Å².